The molecule has 0 saturated carbocycles. The van der Waals surface area contributed by atoms with Gasteiger partial charge in [-0.3, -0.25) is 4.79 Å². The molecule has 1 amide bonds. The smallest absolute Gasteiger partial charge is 0.220 e. The Kier molecular flexibility index (Phi) is 6.44. The number of amides is 1. The zero-order valence-electron chi connectivity index (χ0n) is 11.3. The lowest BCUT2D eigenvalue weighted by molar-refractivity contribution is -0.121. The third-order valence-corrected chi connectivity index (χ3v) is 2.74. The van der Waals surface area contributed by atoms with E-state index in [1.807, 2.05) is 0 Å². The van der Waals surface area contributed by atoms with Crippen LogP contribution in [0.1, 0.15) is 31.4 Å². The average Bonchev–Trinajstić information content (AvgIpc) is 2.35. The lowest BCUT2D eigenvalue weighted by Crippen LogP contribution is -2.26. The summed E-state index contributed by atoms with van der Waals surface area (Å²) in [7, 11) is 0. The van der Waals surface area contributed by atoms with Crippen molar-refractivity contribution in [1.82, 2.24) is 5.32 Å². The molecule has 0 aliphatic heterocycles. The Bertz CT molecular complexity index is 357. The number of hydrogen-bond acceptors (Lipinski definition) is 2. The Hall–Kier alpha value is -1.35. The van der Waals surface area contributed by atoms with E-state index in [9.17, 15) is 4.79 Å². The molecule has 2 N–H and O–H groups in total. The lowest BCUT2D eigenvalue weighted by Gasteiger charge is -2.07. The number of hydrogen-bond donors (Lipinski definition) is 2. The molecule has 0 saturated heterocycles. The summed E-state index contributed by atoms with van der Waals surface area (Å²) in [6.07, 6.45) is 2.32. The molecule has 0 radical (unpaired) electrons. The molecule has 0 unspecified atom stereocenters. The third kappa shape index (κ3) is 5.82. The van der Waals surface area contributed by atoms with E-state index >= 15 is 0 Å². The summed E-state index contributed by atoms with van der Waals surface area (Å²) in [5.41, 5.74) is 2.53. The first-order valence-electron chi connectivity index (χ1n) is 6.57. The van der Waals surface area contributed by atoms with E-state index in [-0.39, 0.29) is 12.5 Å². The molecule has 18 heavy (non-hydrogen) atoms. The minimum atomic E-state index is -0.00435. The third-order valence-electron chi connectivity index (χ3n) is 2.74. The number of nitrogens with one attached hydrogen (secondary N) is 1. The van der Waals surface area contributed by atoms with Crippen molar-refractivity contribution in [2.45, 2.75) is 33.1 Å². The van der Waals surface area contributed by atoms with Gasteiger partial charge in [0.1, 0.15) is 0 Å². The maximum absolute atomic E-state index is 11.4. The van der Waals surface area contributed by atoms with Gasteiger partial charge in [0, 0.05) is 13.0 Å². The molecule has 0 spiro atoms. The number of benzene rings is 1. The molecule has 0 heterocycles. The maximum Gasteiger partial charge on any atom is 0.220 e. The number of carbonyl (C=O) groups is 1. The number of aliphatic hydroxyl groups is 1. The van der Waals surface area contributed by atoms with Crippen molar-refractivity contribution in [2.75, 3.05) is 13.2 Å². The Morgan fingerprint density at radius 1 is 1.22 bits per heavy atom. The topological polar surface area (TPSA) is 49.3 Å². The number of aryl methyl sites for hydroxylation is 1. The Morgan fingerprint density at radius 3 is 2.39 bits per heavy atom. The predicted molar refractivity (Wildman–Crippen MR) is 73.4 cm³/mol. The molecule has 1 aromatic rings. The van der Waals surface area contributed by atoms with Gasteiger partial charge in [0.05, 0.1) is 6.61 Å². The Morgan fingerprint density at radius 2 is 1.83 bits per heavy atom. The highest BCUT2D eigenvalue weighted by Crippen LogP contribution is 2.11. The van der Waals surface area contributed by atoms with Gasteiger partial charge < -0.3 is 10.4 Å². The van der Waals surface area contributed by atoms with Gasteiger partial charge in [-0.05, 0) is 29.9 Å². The van der Waals surface area contributed by atoms with E-state index < -0.39 is 0 Å². The van der Waals surface area contributed by atoms with Gasteiger partial charge in [0.15, 0.2) is 0 Å². The van der Waals surface area contributed by atoms with E-state index in [0.717, 1.165) is 12.8 Å². The Labute approximate surface area is 109 Å². The molecule has 0 bridgehead atoms. The number of rotatable bonds is 7. The largest absolute Gasteiger partial charge is 0.395 e. The van der Waals surface area contributed by atoms with Crippen molar-refractivity contribution >= 4 is 5.91 Å². The van der Waals surface area contributed by atoms with Gasteiger partial charge in [0.2, 0.25) is 5.91 Å². The van der Waals surface area contributed by atoms with Crippen LogP contribution in [0, 0.1) is 5.92 Å². The summed E-state index contributed by atoms with van der Waals surface area (Å²) in [6.45, 7) is 4.75. The second kappa shape index (κ2) is 7.88. The molecule has 0 fully saturated rings. The summed E-state index contributed by atoms with van der Waals surface area (Å²) < 4.78 is 0. The van der Waals surface area contributed by atoms with E-state index in [1.54, 1.807) is 0 Å². The first kappa shape index (κ1) is 14.7. The first-order valence-corrected chi connectivity index (χ1v) is 6.57. The highest BCUT2D eigenvalue weighted by molar-refractivity contribution is 5.76. The van der Waals surface area contributed by atoms with Crippen molar-refractivity contribution in [2.24, 2.45) is 5.92 Å². The van der Waals surface area contributed by atoms with Crippen molar-refractivity contribution in [3.63, 3.8) is 0 Å². The van der Waals surface area contributed by atoms with Crippen molar-refractivity contribution < 1.29 is 9.90 Å². The van der Waals surface area contributed by atoms with Gasteiger partial charge in [-0.1, -0.05) is 38.1 Å². The van der Waals surface area contributed by atoms with Crippen molar-refractivity contribution in [1.29, 1.82) is 0 Å². The quantitative estimate of drug-likeness (QED) is 0.775. The molecule has 0 aliphatic carbocycles. The fraction of sp³-hybridized carbons (Fsp3) is 0.533. The standard InChI is InChI=1S/C15H23NO2/c1-12(2)11-14-5-3-13(4-6-14)7-8-15(18)16-9-10-17/h3-6,12,17H,7-11H2,1-2H3,(H,16,18). The molecule has 0 aliphatic rings. The summed E-state index contributed by atoms with van der Waals surface area (Å²) in [4.78, 5) is 11.4. The second-order valence-electron chi connectivity index (χ2n) is 4.99. The highest BCUT2D eigenvalue weighted by atomic mass is 16.3. The molecule has 1 aromatic carbocycles. The SMILES string of the molecule is CC(C)Cc1ccc(CCC(=O)NCCO)cc1. The summed E-state index contributed by atoms with van der Waals surface area (Å²) in [5.74, 6) is 0.662. The summed E-state index contributed by atoms with van der Waals surface area (Å²) in [5, 5.41) is 11.2. The van der Waals surface area contributed by atoms with Crippen molar-refractivity contribution in [3.8, 4) is 0 Å². The molecule has 3 heteroatoms. The van der Waals surface area contributed by atoms with Crippen LogP contribution in [0.25, 0.3) is 0 Å². The van der Waals surface area contributed by atoms with Gasteiger partial charge in [-0.25, -0.2) is 0 Å². The van der Waals surface area contributed by atoms with Gasteiger partial charge in [0.25, 0.3) is 0 Å². The van der Waals surface area contributed by atoms with E-state index in [0.29, 0.717) is 18.9 Å². The van der Waals surface area contributed by atoms with E-state index in [4.69, 9.17) is 5.11 Å². The van der Waals surface area contributed by atoms with E-state index in [2.05, 4.69) is 43.4 Å². The molecular formula is C15H23NO2. The summed E-state index contributed by atoms with van der Waals surface area (Å²) >= 11 is 0. The van der Waals surface area contributed by atoms with E-state index in [1.165, 1.54) is 11.1 Å². The minimum Gasteiger partial charge on any atom is -0.395 e. The fourth-order valence-electron chi connectivity index (χ4n) is 1.85. The monoisotopic (exact) mass is 249 g/mol. The van der Waals surface area contributed by atoms with Crippen LogP contribution in [0.15, 0.2) is 24.3 Å². The highest BCUT2D eigenvalue weighted by Gasteiger charge is 2.02. The normalized spacial score (nSPS) is 10.7. The van der Waals surface area contributed by atoms with Crippen LogP contribution in [0.3, 0.4) is 0 Å². The fourth-order valence-corrected chi connectivity index (χ4v) is 1.85. The van der Waals surface area contributed by atoms with Gasteiger partial charge >= 0.3 is 0 Å². The van der Waals surface area contributed by atoms with Gasteiger partial charge in [-0.2, -0.15) is 0 Å². The predicted octanol–water partition coefficient (Wildman–Crippen LogP) is 1.93. The second-order valence-corrected chi connectivity index (χ2v) is 4.99. The molecule has 0 aromatic heterocycles. The molecule has 3 nitrogen and oxygen atoms in total. The first-order chi connectivity index (χ1) is 8.61. The van der Waals surface area contributed by atoms with Crippen LogP contribution in [-0.2, 0) is 17.6 Å². The van der Waals surface area contributed by atoms with Crippen molar-refractivity contribution in [3.05, 3.63) is 35.4 Å². The zero-order valence-corrected chi connectivity index (χ0v) is 11.3. The number of aliphatic hydroxyl groups excluding tert-OH is 1. The van der Waals surface area contributed by atoms with Crippen LogP contribution in [0.4, 0.5) is 0 Å². The van der Waals surface area contributed by atoms with Crippen LogP contribution >= 0.6 is 0 Å². The maximum atomic E-state index is 11.4. The number of carbonyl (C=O) groups excluding carboxylic acids is 1. The molecular weight excluding hydrogens is 226 g/mol. The summed E-state index contributed by atoms with van der Waals surface area (Å²) in [6, 6.07) is 8.47. The zero-order chi connectivity index (χ0) is 13.4. The lowest BCUT2D eigenvalue weighted by atomic mass is 10.0. The van der Waals surface area contributed by atoms with Gasteiger partial charge in [-0.15, -0.1) is 0 Å². The minimum absolute atomic E-state index is 0.00433. The average molecular weight is 249 g/mol. The molecule has 0 atom stereocenters. The van der Waals surface area contributed by atoms with Crippen LogP contribution in [-0.4, -0.2) is 24.2 Å². The van der Waals surface area contributed by atoms with Crippen LogP contribution in [0.2, 0.25) is 0 Å². The Balaban J connectivity index is 2.37. The molecule has 1 rings (SSSR count). The molecule has 100 valence electrons. The van der Waals surface area contributed by atoms with Crippen LogP contribution < -0.4 is 5.32 Å². The van der Waals surface area contributed by atoms with Crippen LogP contribution in [0.5, 0.6) is 0 Å².